The fraction of sp³-hybridized carbons (Fsp3) is 0.200. The molecule has 2 aromatic carbocycles. The van der Waals surface area contributed by atoms with Crippen LogP contribution < -0.4 is 0 Å². The van der Waals surface area contributed by atoms with Gasteiger partial charge in [0, 0.05) is 12.0 Å². The van der Waals surface area contributed by atoms with Gasteiger partial charge in [0.2, 0.25) is 0 Å². The maximum absolute atomic E-state index is 13.7. The summed E-state index contributed by atoms with van der Waals surface area (Å²) >= 11 is 5.63. The van der Waals surface area contributed by atoms with Crippen molar-refractivity contribution in [2.24, 2.45) is 0 Å². The van der Waals surface area contributed by atoms with Crippen LogP contribution in [-0.4, -0.2) is 5.11 Å². The van der Waals surface area contributed by atoms with Crippen molar-refractivity contribution >= 4 is 11.6 Å². The topological polar surface area (TPSA) is 20.2 Å². The van der Waals surface area contributed by atoms with Crippen LogP contribution in [0.2, 0.25) is 5.02 Å². The monoisotopic (exact) mass is 300 g/mol. The molecule has 5 heteroatoms. The molecule has 1 unspecified atom stereocenters. The van der Waals surface area contributed by atoms with Crippen LogP contribution in [0.3, 0.4) is 0 Å². The number of rotatable bonds is 3. The summed E-state index contributed by atoms with van der Waals surface area (Å²) < 4.78 is 40.9. The number of aliphatic hydroxyl groups is 1. The molecule has 0 aliphatic carbocycles. The molecule has 0 aliphatic rings. The lowest BCUT2D eigenvalue weighted by atomic mass is 9.99. The Labute approximate surface area is 119 Å². The lowest BCUT2D eigenvalue weighted by Gasteiger charge is -2.14. The normalized spacial score (nSPS) is 12.5. The number of aryl methyl sites for hydroxylation is 1. The fourth-order valence-electron chi connectivity index (χ4n) is 1.94. The Kier molecular flexibility index (Phi) is 4.35. The summed E-state index contributed by atoms with van der Waals surface area (Å²) in [5.74, 6) is -2.78. The highest BCUT2D eigenvalue weighted by Crippen LogP contribution is 2.27. The Morgan fingerprint density at radius 1 is 1.05 bits per heavy atom. The van der Waals surface area contributed by atoms with Crippen molar-refractivity contribution in [1.82, 2.24) is 0 Å². The molecule has 1 N–H and O–H groups in total. The first-order valence-electron chi connectivity index (χ1n) is 5.97. The Morgan fingerprint density at radius 2 is 1.75 bits per heavy atom. The van der Waals surface area contributed by atoms with E-state index in [1.807, 2.05) is 0 Å². The minimum Gasteiger partial charge on any atom is -0.388 e. The largest absolute Gasteiger partial charge is 0.388 e. The average Bonchev–Trinajstić information content (AvgIpc) is 2.41. The summed E-state index contributed by atoms with van der Waals surface area (Å²) in [6.45, 7) is 1.42. The lowest BCUT2D eigenvalue weighted by molar-refractivity contribution is 0.171. The maximum atomic E-state index is 13.7. The third kappa shape index (κ3) is 2.81. The van der Waals surface area contributed by atoms with E-state index in [2.05, 4.69) is 0 Å². The summed E-state index contributed by atoms with van der Waals surface area (Å²) in [6, 6.07) is 7.00. The Hall–Kier alpha value is -1.52. The van der Waals surface area contributed by atoms with Crippen LogP contribution in [0, 0.1) is 24.4 Å². The summed E-state index contributed by atoms with van der Waals surface area (Å²) in [5, 5.41) is 9.89. The van der Waals surface area contributed by atoms with Crippen LogP contribution in [0.25, 0.3) is 0 Å². The van der Waals surface area contributed by atoms with E-state index in [1.54, 1.807) is 0 Å². The second kappa shape index (κ2) is 5.85. The van der Waals surface area contributed by atoms with Gasteiger partial charge in [-0.2, -0.15) is 0 Å². The minimum atomic E-state index is -1.35. The zero-order valence-corrected chi connectivity index (χ0v) is 11.4. The van der Waals surface area contributed by atoms with Crippen LogP contribution in [0.4, 0.5) is 13.2 Å². The highest BCUT2D eigenvalue weighted by atomic mass is 35.5. The van der Waals surface area contributed by atoms with Crippen molar-refractivity contribution in [1.29, 1.82) is 0 Å². The number of hydrogen-bond donors (Lipinski definition) is 1. The minimum absolute atomic E-state index is 0.0785. The van der Waals surface area contributed by atoms with Gasteiger partial charge in [-0.15, -0.1) is 0 Å². The van der Waals surface area contributed by atoms with Gasteiger partial charge >= 0.3 is 0 Å². The quantitative estimate of drug-likeness (QED) is 0.894. The predicted octanol–water partition coefficient (Wildman–Crippen LogP) is 4.34. The van der Waals surface area contributed by atoms with Crippen LogP contribution in [0.1, 0.15) is 22.8 Å². The van der Waals surface area contributed by atoms with Crippen molar-refractivity contribution < 1.29 is 18.3 Å². The van der Waals surface area contributed by atoms with Gasteiger partial charge in [-0.3, -0.25) is 0 Å². The Morgan fingerprint density at radius 3 is 2.45 bits per heavy atom. The zero-order valence-electron chi connectivity index (χ0n) is 10.6. The molecule has 20 heavy (non-hydrogen) atoms. The van der Waals surface area contributed by atoms with Gasteiger partial charge in [-0.05, 0) is 24.1 Å². The third-order valence-corrected chi connectivity index (χ3v) is 3.40. The summed E-state index contributed by atoms with van der Waals surface area (Å²) in [4.78, 5) is 0. The van der Waals surface area contributed by atoms with Gasteiger partial charge in [0.05, 0.1) is 11.1 Å². The maximum Gasteiger partial charge on any atom is 0.164 e. The summed E-state index contributed by atoms with van der Waals surface area (Å²) in [6.07, 6.45) is -1.54. The molecule has 1 nitrogen and oxygen atoms in total. The SMILES string of the molecule is Cc1ccc(C(O)Cc2cccc(Cl)c2F)c(F)c1F. The van der Waals surface area contributed by atoms with Crippen LogP contribution in [0.15, 0.2) is 30.3 Å². The summed E-state index contributed by atoms with van der Waals surface area (Å²) in [7, 11) is 0. The summed E-state index contributed by atoms with van der Waals surface area (Å²) in [5.41, 5.74) is 0.0882. The molecule has 0 saturated carbocycles. The van der Waals surface area contributed by atoms with Gasteiger partial charge in [0.1, 0.15) is 5.82 Å². The molecule has 0 aliphatic heterocycles. The number of aliphatic hydroxyl groups excluding tert-OH is 1. The van der Waals surface area contributed by atoms with E-state index < -0.39 is 23.6 Å². The van der Waals surface area contributed by atoms with Gasteiger partial charge in [-0.25, -0.2) is 13.2 Å². The first-order chi connectivity index (χ1) is 9.41. The van der Waals surface area contributed by atoms with E-state index in [0.717, 1.165) is 0 Å². The Bertz CT molecular complexity index is 643. The molecule has 106 valence electrons. The van der Waals surface area contributed by atoms with Gasteiger partial charge in [0.15, 0.2) is 11.6 Å². The molecule has 2 rings (SSSR count). The van der Waals surface area contributed by atoms with Gasteiger partial charge in [0.25, 0.3) is 0 Å². The van der Waals surface area contributed by atoms with Crippen LogP contribution >= 0.6 is 11.6 Å². The first kappa shape index (κ1) is 14.9. The number of hydrogen-bond acceptors (Lipinski definition) is 1. The molecule has 0 amide bonds. The van der Waals surface area contributed by atoms with Crippen molar-refractivity contribution in [3.63, 3.8) is 0 Å². The van der Waals surface area contributed by atoms with E-state index in [0.29, 0.717) is 0 Å². The number of halogens is 4. The molecular weight excluding hydrogens is 289 g/mol. The average molecular weight is 301 g/mol. The van der Waals surface area contributed by atoms with Gasteiger partial charge < -0.3 is 5.11 Å². The molecular formula is C15H12ClF3O. The molecule has 2 aromatic rings. The van der Waals surface area contributed by atoms with E-state index >= 15 is 0 Å². The van der Waals surface area contributed by atoms with Crippen molar-refractivity contribution in [3.05, 3.63) is 69.5 Å². The lowest BCUT2D eigenvalue weighted by Crippen LogP contribution is -2.08. The van der Waals surface area contributed by atoms with Crippen molar-refractivity contribution in [2.75, 3.05) is 0 Å². The zero-order chi connectivity index (χ0) is 14.9. The van der Waals surface area contributed by atoms with Crippen LogP contribution in [-0.2, 0) is 6.42 Å². The highest BCUT2D eigenvalue weighted by molar-refractivity contribution is 6.30. The van der Waals surface area contributed by atoms with Crippen molar-refractivity contribution in [2.45, 2.75) is 19.4 Å². The molecule has 0 fully saturated rings. The molecule has 0 spiro atoms. The standard InChI is InChI=1S/C15H12ClF3O/c1-8-5-6-10(15(19)13(8)17)12(20)7-9-3-2-4-11(16)14(9)18/h2-6,12,20H,7H2,1H3. The van der Waals surface area contributed by atoms with Gasteiger partial charge in [-0.1, -0.05) is 35.9 Å². The molecule has 0 saturated heterocycles. The fourth-order valence-corrected chi connectivity index (χ4v) is 2.14. The Balaban J connectivity index is 2.31. The smallest absolute Gasteiger partial charge is 0.164 e. The molecule has 0 heterocycles. The highest BCUT2D eigenvalue weighted by Gasteiger charge is 2.19. The van der Waals surface area contributed by atoms with Crippen molar-refractivity contribution in [3.8, 4) is 0 Å². The second-order valence-electron chi connectivity index (χ2n) is 4.53. The van der Waals surface area contributed by atoms with E-state index in [1.165, 1.54) is 37.3 Å². The number of benzene rings is 2. The van der Waals surface area contributed by atoms with E-state index in [4.69, 9.17) is 11.6 Å². The second-order valence-corrected chi connectivity index (χ2v) is 4.94. The molecule has 0 bridgehead atoms. The van der Waals surface area contributed by atoms with E-state index in [-0.39, 0.29) is 28.1 Å². The molecule has 0 aromatic heterocycles. The predicted molar refractivity (Wildman–Crippen MR) is 71.2 cm³/mol. The van der Waals surface area contributed by atoms with E-state index in [9.17, 15) is 18.3 Å². The third-order valence-electron chi connectivity index (χ3n) is 3.11. The first-order valence-corrected chi connectivity index (χ1v) is 6.35. The van der Waals surface area contributed by atoms with Crippen LogP contribution in [0.5, 0.6) is 0 Å². The molecule has 0 radical (unpaired) electrons. The molecule has 1 atom stereocenters.